The summed E-state index contributed by atoms with van der Waals surface area (Å²) in [4.78, 5) is 0.307. The Hall–Kier alpha value is 0.610. The van der Waals surface area contributed by atoms with Gasteiger partial charge in [-0.3, -0.25) is 0 Å². The zero-order valence-corrected chi connectivity index (χ0v) is 16.2. The summed E-state index contributed by atoms with van der Waals surface area (Å²) in [6.07, 6.45) is 0. The molecule has 0 atom stereocenters. The highest BCUT2D eigenvalue weighted by Gasteiger charge is 2.38. The van der Waals surface area contributed by atoms with E-state index in [2.05, 4.69) is 68.6 Å². The fourth-order valence-electron chi connectivity index (χ4n) is 1.54. The lowest BCUT2D eigenvalue weighted by Crippen LogP contribution is -2.20. The van der Waals surface area contributed by atoms with Gasteiger partial charge < -0.3 is 0 Å². The minimum Gasteiger partial charge on any atom is -0.220 e. The smallest absolute Gasteiger partial charge is 0.220 e. The summed E-state index contributed by atoms with van der Waals surface area (Å²) < 4.78 is 23.3. The van der Waals surface area contributed by atoms with Crippen molar-refractivity contribution >= 4 is 57.6 Å². The average molecular weight is 463 g/mol. The van der Waals surface area contributed by atoms with Gasteiger partial charge in [-0.25, -0.2) is 8.42 Å². The van der Waals surface area contributed by atoms with E-state index in [1.807, 2.05) is 12.1 Å². The molecule has 0 unspecified atom stereocenters. The summed E-state index contributed by atoms with van der Waals surface area (Å²) in [7, 11) is -3.52. The first-order chi connectivity index (χ1) is 7.87. The number of hydrogen-bond acceptors (Lipinski definition) is 2. The van der Waals surface area contributed by atoms with Gasteiger partial charge in [-0.05, 0) is 77.3 Å². The van der Waals surface area contributed by atoms with E-state index in [-0.39, 0.29) is 5.41 Å². The number of hydrogen-bond donors (Lipinski definition) is 0. The molecule has 6 heteroatoms. The van der Waals surface area contributed by atoms with Crippen LogP contribution in [-0.4, -0.2) is 9.89 Å². The molecule has 0 heterocycles. The Morgan fingerprint density at radius 2 is 1.56 bits per heavy atom. The zero-order chi connectivity index (χ0) is 14.4. The molecular weight excluding hydrogens is 448 g/mol. The minimum atomic E-state index is -3.52. The zero-order valence-electron chi connectivity index (χ0n) is 10.6. The van der Waals surface area contributed by atoms with Crippen molar-refractivity contribution in [3.05, 3.63) is 29.3 Å². The standard InChI is InChI=1S/C12H15Br3O2S/c1-8-7-9(11(2,3)4)5-6-10(8)18(16,17)12(13,14)15/h5-7H,1-4H3. The molecular formula is C12H15Br3O2S. The lowest BCUT2D eigenvalue weighted by Gasteiger charge is -2.22. The highest BCUT2D eigenvalue weighted by molar-refractivity contribution is 9.42. The highest BCUT2D eigenvalue weighted by atomic mass is 80.0. The minimum absolute atomic E-state index is 0.00134. The SMILES string of the molecule is Cc1cc(C(C)(C)C)ccc1S(=O)(=O)C(Br)(Br)Br. The molecule has 1 aromatic carbocycles. The topological polar surface area (TPSA) is 34.1 Å². The Morgan fingerprint density at radius 1 is 1.06 bits per heavy atom. The summed E-state index contributed by atoms with van der Waals surface area (Å²) >= 11 is 9.22. The van der Waals surface area contributed by atoms with Crippen molar-refractivity contribution in [3.8, 4) is 0 Å². The Kier molecular flexibility index (Phi) is 4.80. The van der Waals surface area contributed by atoms with Crippen molar-refractivity contribution in [2.24, 2.45) is 0 Å². The van der Waals surface area contributed by atoms with Crippen LogP contribution in [-0.2, 0) is 15.3 Å². The van der Waals surface area contributed by atoms with Crippen LogP contribution in [0.15, 0.2) is 23.1 Å². The number of aryl methyl sites for hydroxylation is 1. The maximum Gasteiger partial charge on any atom is 0.239 e. The summed E-state index contributed by atoms with van der Waals surface area (Å²) in [6, 6.07) is 5.44. The van der Waals surface area contributed by atoms with E-state index in [4.69, 9.17) is 0 Å². The van der Waals surface area contributed by atoms with Gasteiger partial charge >= 0.3 is 0 Å². The Morgan fingerprint density at radius 3 is 1.89 bits per heavy atom. The summed E-state index contributed by atoms with van der Waals surface area (Å²) in [5, 5.41) is 0. The van der Waals surface area contributed by atoms with Crippen molar-refractivity contribution in [1.29, 1.82) is 0 Å². The van der Waals surface area contributed by atoms with E-state index in [0.29, 0.717) is 4.90 Å². The van der Waals surface area contributed by atoms with Crippen LogP contribution in [0.3, 0.4) is 0 Å². The third-order valence-corrected chi connectivity index (χ3v) is 8.12. The number of alkyl halides is 3. The fraction of sp³-hybridized carbons (Fsp3) is 0.500. The van der Waals surface area contributed by atoms with E-state index < -0.39 is 11.3 Å². The lowest BCUT2D eigenvalue weighted by molar-refractivity contribution is 0.586. The van der Waals surface area contributed by atoms with Crippen molar-refractivity contribution in [3.63, 3.8) is 0 Å². The van der Waals surface area contributed by atoms with E-state index in [9.17, 15) is 8.42 Å². The number of rotatable bonds is 1. The molecule has 0 aliphatic heterocycles. The summed E-state index contributed by atoms with van der Waals surface area (Å²) in [6.45, 7) is 8.10. The van der Waals surface area contributed by atoms with Gasteiger partial charge in [-0.15, -0.1) is 0 Å². The van der Waals surface area contributed by atoms with Crippen molar-refractivity contribution in [1.82, 2.24) is 0 Å². The molecule has 0 bridgehead atoms. The molecule has 0 spiro atoms. The van der Waals surface area contributed by atoms with E-state index in [1.54, 1.807) is 13.0 Å². The molecule has 0 fully saturated rings. The van der Waals surface area contributed by atoms with Crippen molar-refractivity contribution in [2.75, 3.05) is 0 Å². The molecule has 102 valence electrons. The van der Waals surface area contributed by atoms with Gasteiger partial charge in [-0.2, -0.15) is 0 Å². The van der Waals surface area contributed by atoms with Gasteiger partial charge in [0.25, 0.3) is 0 Å². The first kappa shape index (κ1) is 16.7. The van der Waals surface area contributed by atoms with Crippen LogP contribution in [0.25, 0.3) is 0 Å². The second-order valence-electron chi connectivity index (χ2n) is 5.18. The van der Waals surface area contributed by atoms with Gasteiger partial charge in [-0.1, -0.05) is 32.9 Å². The molecule has 0 aliphatic rings. The lowest BCUT2D eigenvalue weighted by atomic mass is 9.86. The monoisotopic (exact) mass is 460 g/mol. The van der Waals surface area contributed by atoms with Crippen molar-refractivity contribution < 1.29 is 8.42 Å². The molecule has 0 radical (unpaired) electrons. The van der Waals surface area contributed by atoms with Crippen LogP contribution in [0.1, 0.15) is 31.9 Å². The molecule has 18 heavy (non-hydrogen) atoms. The third kappa shape index (κ3) is 3.38. The van der Waals surface area contributed by atoms with Crippen LogP contribution in [0.5, 0.6) is 0 Å². The Bertz CT molecular complexity index is 552. The molecule has 0 amide bonds. The second kappa shape index (κ2) is 5.19. The number of sulfone groups is 1. The third-order valence-electron chi connectivity index (χ3n) is 2.64. The van der Waals surface area contributed by atoms with E-state index >= 15 is 0 Å². The summed E-state index contributed by atoms with van der Waals surface area (Å²) in [5.41, 5.74) is 1.86. The van der Waals surface area contributed by atoms with Crippen LogP contribution in [0.2, 0.25) is 0 Å². The predicted molar refractivity (Wildman–Crippen MR) is 86.6 cm³/mol. The molecule has 0 aliphatic carbocycles. The second-order valence-corrected chi connectivity index (χ2v) is 15.6. The first-order valence-electron chi connectivity index (χ1n) is 5.30. The normalized spacial score (nSPS) is 13.7. The van der Waals surface area contributed by atoms with Gasteiger partial charge in [0.2, 0.25) is 11.3 Å². The first-order valence-corrected chi connectivity index (χ1v) is 9.16. The molecule has 2 nitrogen and oxygen atoms in total. The fourth-order valence-corrected chi connectivity index (χ4v) is 4.09. The predicted octanol–water partition coefficient (Wildman–Crippen LogP) is 4.86. The van der Waals surface area contributed by atoms with E-state index in [0.717, 1.165) is 11.1 Å². The van der Waals surface area contributed by atoms with Gasteiger partial charge in [0, 0.05) is 0 Å². The number of benzene rings is 1. The number of halogens is 3. The van der Waals surface area contributed by atoms with Crippen LogP contribution >= 0.6 is 47.8 Å². The molecule has 1 aromatic rings. The maximum atomic E-state index is 12.3. The summed E-state index contributed by atoms with van der Waals surface area (Å²) in [5.74, 6) is 0. The van der Waals surface area contributed by atoms with Crippen LogP contribution in [0, 0.1) is 6.92 Å². The highest BCUT2D eigenvalue weighted by Crippen LogP contribution is 2.44. The van der Waals surface area contributed by atoms with Gasteiger partial charge in [0.15, 0.2) is 0 Å². The average Bonchev–Trinajstić information content (AvgIpc) is 2.13. The van der Waals surface area contributed by atoms with Gasteiger partial charge in [0.05, 0.1) is 4.90 Å². The molecule has 1 rings (SSSR count). The maximum absolute atomic E-state index is 12.3. The molecule has 0 saturated heterocycles. The molecule has 0 aromatic heterocycles. The van der Waals surface area contributed by atoms with Gasteiger partial charge in [0.1, 0.15) is 0 Å². The molecule has 0 N–H and O–H groups in total. The van der Waals surface area contributed by atoms with E-state index in [1.165, 1.54) is 0 Å². The van der Waals surface area contributed by atoms with Crippen LogP contribution in [0.4, 0.5) is 0 Å². The quantitative estimate of drug-likeness (QED) is 0.558. The van der Waals surface area contributed by atoms with Crippen LogP contribution < -0.4 is 0 Å². The molecule has 0 saturated carbocycles. The largest absolute Gasteiger partial charge is 0.239 e. The Labute approximate surface area is 134 Å². The Balaban J connectivity index is 3.41. The van der Waals surface area contributed by atoms with Crippen molar-refractivity contribution in [2.45, 2.75) is 39.5 Å².